The number of nitrogens with zero attached hydrogens (tertiary/aromatic N) is 4. The maximum absolute atomic E-state index is 12.2. The third-order valence-corrected chi connectivity index (χ3v) is 4.95. The van der Waals surface area contributed by atoms with Crippen LogP contribution in [0, 0.1) is 5.92 Å². The molecule has 2 heterocycles. The van der Waals surface area contributed by atoms with Gasteiger partial charge >= 0.3 is 0 Å². The van der Waals surface area contributed by atoms with Crippen LogP contribution < -0.4 is 5.73 Å². The van der Waals surface area contributed by atoms with Gasteiger partial charge in [-0.1, -0.05) is 6.92 Å². The number of hydrogen-bond donors (Lipinski definition) is 1. The Balaban J connectivity index is 0.00000288. The van der Waals surface area contributed by atoms with Gasteiger partial charge in [-0.25, -0.2) is 0 Å². The van der Waals surface area contributed by atoms with Gasteiger partial charge in [0.05, 0.1) is 6.04 Å². The van der Waals surface area contributed by atoms with E-state index in [4.69, 9.17) is 5.73 Å². The van der Waals surface area contributed by atoms with Gasteiger partial charge < -0.3 is 15.5 Å². The number of likely N-dealkylation sites (tertiary alicyclic amines) is 2. The highest BCUT2D eigenvalue weighted by Gasteiger charge is 2.30. The van der Waals surface area contributed by atoms with E-state index >= 15 is 0 Å². The number of amides is 1. The molecule has 7 heteroatoms. The minimum Gasteiger partial charge on any atom is -0.370 e. The molecule has 1 amide bonds. The molecule has 2 fully saturated rings. The molecule has 2 atom stereocenters. The van der Waals surface area contributed by atoms with Crippen molar-refractivity contribution in [3.05, 3.63) is 0 Å². The molecule has 2 N–H and O–H groups in total. The first-order chi connectivity index (χ1) is 11.0. The maximum atomic E-state index is 12.2. The van der Waals surface area contributed by atoms with Crippen molar-refractivity contribution in [3.63, 3.8) is 0 Å². The molecule has 0 bridgehead atoms. The molecule has 2 unspecified atom stereocenters. The lowest BCUT2D eigenvalue weighted by Crippen LogP contribution is -2.44. The molecule has 2 aliphatic heterocycles. The lowest BCUT2D eigenvalue weighted by atomic mass is 10.0. The zero-order valence-corrected chi connectivity index (χ0v) is 17.7. The highest BCUT2D eigenvalue weighted by atomic mass is 127. The summed E-state index contributed by atoms with van der Waals surface area (Å²) in [6.07, 6.45) is 5.55. The van der Waals surface area contributed by atoms with Crippen LogP contribution >= 0.6 is 24.0 Å². The third-order valence-electron chi connectivity index (χ3n) is 4.95. The van der Waals surface area contributed by atoms with E-state index in [0.717, 1.165) is 52.0 Å². The molecular weight excluding hydrogens is 417 g/mol. The van der Waals surface area contributed by atoms with Crippen LogP contribution in [0.3, 0.4) is 0 Å². The number of carbonyl (C=O) groups excluding carboxylic acids is 1. The van der Waals surface area contributed by atoms with Crippen molar-refractivity contribution in [1.82, 2.24) is 14.7 Å². The van der Waals surface area contributed by atoms with Crippen molar-refractivity contribution < 1.29 is 4.79 Å². The number of piperidine rings is 1. The predicted octanol–water partition coefficient (Wildman–Crippen LogP) is 1.59. The number of carbonyl (C=O) groups is 1. The number of hydrogen-bond acceptors (Lipinski definition) is 3. The Morgan fingerprint density at radius 3 is 2.62 bits per heavy atom. The molecular formula is C17H34IN5O. The average Bonchev–Trinajstić information content (AvgIpc) is 2.98. The smallest absolute Gasteiger partial charge is 0.239 e. The van der Waals surface area contributed by atoms with Gasteiger partial charge in [-0.3, -0.25) is 14.7 Å². The van der Waals surface area contributed by atoms with Crippen molar-refractivity contribution in [3.8, 4) is 0 Å². The van der Waals surface area contributed by atoms with Crippen LogP contribution in [0.1, 0.15) is 39.0 Å². The van der Waals surface area contributed by atoms with Gasteiger partial charge in [0.15, 0.2) is 5.96 Å². The quantitative estimate of drug-likeness (QED) is 0.299. The van der Waals surface area contributed by atoms with Crippen molar-refractivity contribution >= 4 is 35.8 Å². The summed E-state index contributed by atoms with van der Waals surface area (Å²) in [6.45, 7) is 7.03. The molecule has 0 aromatic rings. The molecule has 6 nitrogen and oxygen atoms in total. The van der Waals surface area contributed by atoms with Crippen LogP contribution in [0.2, 0.25) is 0 Å². The largest absolute Gasteiger partial charge is 0.370 e. The summed E-state index contributed by atoms with van der Waals surface area (Å²) < 4.78 is 0. The molecule has 140 valence electrons. The lowest BCUT2D eigenvalue weighted by Gasteiger charge is -2.31. The summed E-state index contributed by atoms with van der Waals surface area (Å²) in [6, 6.07) is 0.0641. The Morgan fingerprint density at radius 2 is 1.96 bits per heavy atom. The molecule has 0 spiro atoms. The van der Waals surface area contributed by atoms with Crippen LogP contribution in [-0.2, 0) is 4.79 Å². The summed E-state index contributed by atoms with van der Waals surface area (Å²) in [5.41, 5.74) is 6.12. The fourth-order valence-electron chi connectivity index (χ4n) is 3.64. The van der Waals surface area contributed by atoms with E-state index in [2.05, 4.69) is 21.7 Å². The molecule has 2 rings (SSSR count). The summed E-state index contributed by atoms with van der Waals surface area (Å²) in [5, 5.41) is 0. The van der Waals surface area contributed by atoms with Gasteiger partial charge in [0.1, 0.15) is 0 Å². The van der Waals surface area contributed by atoms with Gasteiger partial charge in [0.2, 0.25) is 5.91 Å². The van der Waals surface area contributed by atoms with Gasteiger partial charge in [0, 0.05) is 40.3 Å². The number of likely N-dealkylation sites (N-methyl/N-ethyl adjacent to an activating group) is 1. The van der Waals surface area contributed by atoms with Crippen LogP contribution in [0.4, 0.5) is 0 Å². The zero-order chi connectivity index (χ0) is 16.8. The number of guanidine groups is 1. The van der Waals surface area contributed by atoms with Crippen molar-refractivity contribution in [2.24, 2.45) is 16.6 Å². The molecule has 0 aliphatic carbocycles. The average molecular weight is 451 g/mol. The maximum Gasteiger partial charge on any atom is 0.239 e. The van der Waals surface area contributed by atoms with Crippen molar-refractivity contribution in [2.75, 3.05) is 46.8 Å². The van der Waals surface area contributed by atoms with E-state index in [-0.39, 0.29) is 35.9 Å². The summed E-state index contributed by atoms with van der Waals surface area (Å²) in [7, 11) is 3.67. The van der Waals surface area contributed by atoms with E-state index in [0.29, 0.717) is 11.9 Å². The summed E-state index contributed by atoms with van der Waals surface area (Å²) >= 11 is 0. The topological polar surface area (TPSA) is 65.2 Å². The fraction of sp³-hybridized carbons (Fsp3) is 0.882. The van der Waals surface area contributed by atoms with E-state index in [1.165, 1.54) is 12.8 Å². The van der Waals surface area contributed by atoms with Gasteiger partial charge in [-0.05, 0) is 44.6 Å². The monoisotopic (exact) mass is 451 g/mol. The zero-order valence-electron chi connectivity index (χ0n) is 15.4. The van der Waals surface area contributed by atoms with E-state index in [1.54, 1.807) is 4.90 Å². The van der Waals surface area contributed by atoms with Crippen LogP contribution in [0.15, 0.2) is 4.99 Å². The number of aliphatic imine (C=N–C) groups is 1. The molecule has 0 aromatic heterocycles. The van der Waals surface area contributed by atoms with Crippen LogP contribution in [0.5, 0.6) is 0 Å². The molecule has 24 heavy (non-hydrogen) atoms. The van der Waals surface area contributed by atoms with Crippen LogP contribution in [0.25, 0.3) is 0 Å². The molecule has 2 aliphatic rings. The Hall–Kier alpha value is -0.570. The fourth-order valence-corrected chi connectivity index (χ4v) is 3.64. The van der Waals surface area contributed by atoms with Crippen LogP contribution in [-0.4, -0.2) is 79.4 Å². The second-order valence-corrected chi connectivity index (χ2v) is 7.21. The molecule has 0 radical (unpaired) electrons. The Labute approximate surface area is 163 Å². The van der Waals surface area contributed by atoms with E-state index in [1.807, 2.05) is 14.1 Å². The second kappa shape index (κ2) is 10.4. The molecule has 0 aromatic carbocycles. The minimum atomic E-state index is 0. The number of nitrogens with two attached hydrogens (primary N) is 1. The van der Waals surface area contributed by atoms with Gasteiger partial charge in [-0.2, -0.15) is 0 Å². The van der Waals surface area contributed by atoms with E-state index in [9.17, 15) is 4.79 Å². The normalized spacial score (nSPS) is 25.5. The van der Waals surface area contributed by atoms with Gasteiger partial charge in [0.25, 0.3) is 0 Å². The van der Waals surface area contributed by atoms with Crippen molar-refractivity contribution in [2.45, 2.75) is 45.1 Å². The third kappa shape index (κ3) is 6.06. The SMILES string of the molecule is CC1CCCN(C(N)=NCCCN2CCCC2C(=O)N(C)C)C1.I. The minimum absolute atomic E-state index is 0. The first-order valence-electron chi connectivity index (χ1n) is 8.99. The first kappa shape index (κ1) is 21.5. The number of halogens is 1. The van der Waals surface area contributed by atoms with Crippen molar-refractivity contribution in [1.29, 1.82) is 0 Å². The highest BCUT2D eigenvalue weighted by Crippen LogP contribution is 2.19. The predicted molar refractivity (Wildman–Crippen MR) is 110 cm³/mol. The Kier molecular flexibility index (Phi) is 9.33. The lowest BCUT2D eigenvalue weighted by molar-refractivity contribution is -0.133. The standard InChI is InChI=1S/C17H33N5O.HI/c1-14-7-4-11-22(13-14)17(18)19-9-6-12-21-10-5-8-15(21)16(23)20(2)3;/h14-15H,4-13H2,1-3H3,(H2,18,19);1H. The highest BCUT2D eigenvalue weighted by molar-refractivity contribution is 14.0. The van der Waals surface area contributed by atoms with Gasteiger partial charge in [-0.15, -0.1) is 24.0 Å². The summed E-state index contributed by atoms with van der Waals surface area (Å²) in [4.78, 5) is 22.9. The Morgan fingerprint density at radius 1 is 1.25 bits per heavy atom. The summed E-state index contributed by atoms with van der Waals surface area (Å²) in [5.74, 6) is 1.63. The number of rotatable bonds is 5. The first-order valence-corrected chi connectivity index (χ1v) is 8.99. The molecule has 0 saturated carbocycles. The van der Waals surface area contributed by atoms with E-state index < -0.39 is 0 Å². The molecule has 2 saturated heterocycles. The second-order valence-electron chi connectivity index (χ2n) is 7.21. The Bertz CT molecular complexity index is 429.